The molecule has 4 rings (SSSR count). The van der Waals surface area contributed by atoms with E-state index in [2.05, 4.69) is 10.1 Å². The predicted molar refractivity (Wildman–Crippen MR) is 97.8 cm³/mol. The Morgan fingerprint density at radius 1 is 1.23 bits per heavy atom. The van der Waals surface area contributed by atoms with Crippen LogP contribution in [0.2, 0.25) is 0 Å². The number of benzene rings is 1. The number of esters is 1. The van der Waals surface area contributed by atoms with Crippen LogP contribution in [0.3, 0.4) is 0 Å². The summed E-state index contributed by atoms with van der Waals surface area (Å²) in [5.74, 6) is -0.887. The molecule has 0 aliphatic rings. The van der Waals surface area contributed by atoms with Crippen LogP contribution in [-0.2, 0) is 4.74 Å². The van der Waals surface area contributed by atoms with Gasteiger partial charge in [0, 0.05) is 11.8 Å². The number of halogens is 1. The summed E-state index contributed by atoms with van der Waals surface area (Å²) in [6.45, 7) is 1.89. The molecule has 5 nitrogen and oxygen atoms in total. The average Bonchev–Trinajstić information content (AvgIpc) is 3.21. The Hall–Kier alpha value is -3.06. The van der Waals surface area contributed by atoms with Gasteiger partial charge in [0.15, 0.2) is 0 Å². The van der Waals surface area contributed by atoms with Crippen molar-refractivity contribution in [2.24, 2.45) is 0 Å². The number of aryl methyl sites for hydroxylation is 1. The molecule has 0 radical (unpaired) electrons. The number of nitrogens with zero attached hydrogens (tertiary/aromatic N) is 3. The lowest BCUT2D eigenvalue weighted by Gasteiger charge is -2.00. The van der Waals surface area contributed by atoms with E-state index >= 15 is 0 Å². The van der Waals surface area contributed by atoms with Gasteiger partial charge in [-0.2, -0.15) is 5.10 Å². The first-order valence-corrected chi connectivity index (χ1v) is 8.69. The van der Waals surface area contributed by atoms with Gasteiger partial charge in [-0.25, -0.2) is 18.7 Å². The number of hydrogen-bond donors (Lipinski definition) is 0. The minimum absolute atomic E-state index is 0.336. The summed E-state index contributed by atoms with van der Waals surface area (Å²) in [6.07, 6.45) is 1.86. The smallest absolute Gasteiger partial charge is 0.350 e. The Balaban J connectivity index is 1.96. The van der Waals surface area contributed by atoms with Crippen LogP contribution in [0.15, 0.2) is 48.7 Å². The third-order valence-corrected chi connectivity index (χ3v) is 5.08. The highest BCUT2D eigenvalue weighted by molar-refractivity contribution is 7.17. The normalized spacial score (nSPS) is 11.0. The van der Waals surface area contributed by atoms with Gasteiger partial charge < -0.3 is 4.74 Å². The van der Waals surface area contributed by atoms with E-state index in [9.17, 15) is 9.18 Å². The molecule has 0 saturated carbocycles. The molecule has 0 bridgehead atoms. The second-order valence-electron chi connectivity index (χ2n) is 5.69. The molecule has 130 valence electrons. The minimum atomic E-state index is -0.498. The number of thiazole rings is 1. The van der Waals surface area contributed by atoms with E-state index in [1.165, 1.54) is 30.6 Å². The monoisotopic (exact) mass is 367 g/mol. The SMILES string of the molecule is COC(=O)c1sc(-c2c(C)nn3ccccc23)nc1-c1cccc(F)c1. The Morgan fingerprint density at radius 3 is 2.85 bits per heavy atom. The molecule has 0 aliphatic heterocycles. The Bertz CT molecular complexity index is 1130. The van der Waals surface area contributed by atoms with E-state index in [1.54, 1.807) is 16.6 Å². The number of rotatable bonds is 3. The second-order valence-corrected chi connectivity index (χ2v) is 6.69. The maximum atomic E-state index is 13.7. The van der Waals surface area contributed by atoms with E-state index in [1.807, 2.05) is 31.3 Å². The van der Waals surface area contributed by atoms with Crippen molar-refractivity contribution in [3.8, 4) is 21.8 Å². The molecule has 0 amide bonds. The van der Waals surface area contributed by atoms with Gasteiger partial charge in [0.25, 0.3) is 0 Å². The van der Waals surface area contributed by atoms with Gasteiger partial charge >= 0.3 is 5.97 Å². The Labute approximate surface area is 152 Å². The summed E-state index contributed by atoms with van der Waals surface area (Å²) < 4.78 is 20.3. The largest absolute Gasteiger partial charge is 0.465 e. The van der Waals surface area contributed by atoms with Crippen LogP contribution in [0.4, 0.5) is 4.39 Å². The van der Waals surface area contributed by atoms with Crippen molar-refractivity contribution in [3.63, 3.8) is 0 Å². The summed E-state index contributed by atoms with van der Waals surface area (Å²) in [7, 11) is 1.32. The lowest BCUT2D eigenvalue weighted by atomic mass is 10.1. The van der Waals surface area contributed by atoms with E-state index < -0.39 is 5.97 Å². The first kappa shape index (κ1) is 16.4. The Morgan fingerprint density at radius 2 is 2.08 bits per heavy atom. The summed E-state index contributed by atoms with van der Waals surface area (Å²) in [4.78, 5) is 17.2. The number of pyridine rings is 1. The predicted octanol–water partition coefficient (Wildman–Crippen LogP) is 4.36. The summed E-state index contributed by atoms with van der Waals surface area (Å²) in [5.41, 5.74) is 3.48. The van der Waals surface area contributed by atoms with Crippen LogP contribution in [0.1, 0.15) is 15.4 Å². The quantitative estimate of drug-likeness (QED) is 0.505. The number of ether oxygens (including phenoxy) is 1. The van der Waals surface area contributed by atoms with Crippen LogP contribution in [0.5, 0.6) is 0 Å². The van der Waals surface area contributed by atoms with Gasteiger partial charge in [0.05, 0.1) is 29.6 Å². The fraction of sp³-hybridized carbons (Fsp3) is 0.105. The molecule has 0 saturated heterocycles. The molecule has 7 heteroatoms. The summed E-state index contributed by atoms with van der Waals surface area (Å²) in [6, 6.07) is 11.8. The summed E-state index contributed by atoms with van der Waals surface area (Å²) >= 11 is 1.22. The molecule has 0 N–H and O–H groups in total. The van der Waals surface area contributed by atoms with Crippen molar-refractivity contribution < 1.29 is 13.9 Å². The second kappa shape index (κ2) is 6.34. The van der Waals surface area contributed by atoms with E-state index in [0.717, 1.165) is 16.8 Å². The van der Waals surface area contributed by atoms with Crippen molar-refractivity contribution >= 4 is 22.8 Å². The number of methoxy groups -OCH3 is 1. The molecular weight excluding hydrogens is 353 g/mol. The zero-order valence-electron chi connectivity index (χ0n) is 14.1. The van der Waals surface area contributed by atoms with Crippen LogP contribution in [0.25, 0.3) is 27.3 Å². The Kier molecular flexibility index (Phi) is 4.00. The van der Waals surface area contributed by atoms with Crippen LogP contribution >= 0.6 is 11.3 Å². The maximum Gasteiger partial charge on any atom is 0.350 e. The van der Waals surface area contributed by atoms with Crippen molar-refractivity contribution in [2.45, 2.75) is 6.92 Å². The molecule has 0 spiro atoms. The van der Waals surface area contributed by atoms with Gasteiger partial charge in [-0.15, -0.1) is 11.3 Å². The van der Waals surface area contributed by atoms with E-state index in [-0.39, 0.29) is 5.82 Å². The fourth-order valence-electron chi connectivity index (χ4n) is 2.87. The minimum Gasteiger partial charge on any atom is -0.465 e. The molecule has 3 heterocycles. The van der Waals surface area contributed by atoms with Gasteiger partial charge in [0.1, 0.15) is 15.7 Å². The number of carbonyl (C=O) groups excluding carboxylic acids is 1. The van der Waals surface area contributed by atoms with Crippen LogP contribution in [0, 0.1) is 12.7 Å². The molecule has 0 atom stereocenters. The van der Waals surface area contributed by atoms with Gasteiger partial charge in [0.2, 0.25) is 0 Å². The molecular formula is C19H14FN3O2S. The molecule has 0 fully saturated rings. The number of aromatic nitrogens is 3. The third kappa shape index (κ3) is 2.66. The van der Waals surface area contributed by atoms with E-state index in [0.29, 0.717) is 21.1 Å². The zero-order valence-corrected chi connectivity index (χ0v) is 14.9. The highest BCUT2D eigenvalue weighted by atomic mass is 32.1. The highest BCUT2D eigenvalue weighted by Crippen LogP contribution is 2.37. The number of fused-ring (bicyclic) bond motifs is 1. The zero-order chi connectivity index (χ0) is 18.3. The molecule has 1 aromatic carbocycles. The van der Waals surface area contributed by atoms with Gasteiger partial charge in [-0.05, 0) is 31.2 Å². The lowest BCUT2D eigenvalue weighted by Crippen LogP contribution is -2.00. The van der Waals surface area contributed by atoms with E-state index in [4.69, 9.17) is 4.74 Å². The summed E-state index contributed by atoms with van der Waals surface area (Å²) in [5, 5.41) is 5.13. The van der Waals surface area contributed by atoms with Crippen molar-refractivity contribution in [3.05, 3.63) is 65.0 Å². The molecule has 26 heavy (non-hydrogen) atoms. The van der Waals surface area contributed by atoms with Crippen LogP contribution in [-0.4, -0.2) is 27.7 Å². The first-order valence-electron chi connectivity index (χ1n) is 7.88. The number of hydrogen-bond acceptors (Lipinski definition) is 5. The molecule has 0 aliphatic carbocycles. The molecule has 0 unspecified atom stereocenters. The standard InChI is InChI=1S/C19H14FN3O2S/c1-11-15(14-8-3-4-9-23(14)22-11)18-21-16(17(26-18)19(24)25-2)12-6-5-7-13(20)10-12/h3-10H,1-2H3. The van der Waals surface area contributed by atoms with Crippen molar-refractivity contribution in [1.29, 1.82) is 0 Å². The number of carbonyl (C=O) groups is 1. The molecule has 4 aromatic rings. The van der Waals surface area contributed by atoms with Gasteiger partial charge in [-0.1, -0.05) is 18.2 Å². The first-order chi connectivity index (χ1) is 12.6. The van der Waals surface area contributed by atoms with Crippen molar-refractivity contribution in [1.82, 2.24) is 14.6 Å². The lowest BCUT2D eigenvalue weighted by molar-refractivity contribution is 0.0607. The fourth-order valence-corrected chi connectivity index (χ4v) is 3.98. The van der Waals surface area contributed by atoms with Crippen LogP contribution < -0.4 is 0 Å². The molecule has 3 aromatic heterocycles. The van der Waals surface area contributed by atoms with Crippen molar-refractivity contribution in [2.75, 3.05) is 7.11 Å². The van der Waals surface area contributed by atoms with Gasteiger partial charge in [-0.3, -0.25) is 0 Å². The average molecular weight is 367 g/mol. The third-order valence-electron chi connectivity index (χ3n) is 4.02. The maximum absolute atomic E-state index is 13.7. The topological polar surface area (TPSA) is 56.5 Å². The highest BCUT2D eigenvalue weighted by Gasteiger charge is 2.23.